The fourth-order valence-electron chi connectivity index (χ4n) is 5.88. The minimum absolute atomic E-state index is 0.0671. The van der Waals surface area contributed by atoms with Gasteiger partial charge < -0.3 is 5.32 Å². The minimum atomic E-state index is -0.353. The molecule has 0 spiro atoms. The van der Waals surface area contributed by atoms with E-state index in [-0.39, 0.29) is 23.5 Å². The Bertz CT molecular complexity index is 693. The van der Waals surface area contributed by atoms with Crippen molar-refractivity contribution >= 4 is 23.3 Å². The zero-order valence-corrected chi connectivity index (χ0v) is 17.4. The molecule has 1 heterocycles. The third-order valence-corrected chi connectivity index (χ3v) is 8.06. The van der Waals surface area contributed by atoms with Gasteiger partial charge in [-0.05, 0) is 94.2 Å². The summed E-state index contributed by atoms with van der Waals surface area (Å²) in [6.07, 6.45) is 7.29. The molecule has 5 nitrogen and oxygen atoms in total. The van der Waals surface area contributed by atoms with Gasteiger partial charge in [0, 0.05) is 17.0 Å². The zero-order chi connectivity index (χ0) is 19.2. The third kappa shape index (κ3) is 3.92. The topological polar surface area (TPSA) is 61.4 Å². The van der Waals surface area contributed by atoms with Gasteiger partial charge in [0.1, 0.15) is 0 Å². The molecule has 0 aliphatic heterocycles. The van der Waals surface area contributed by atoms with E-state index >= 15 is 0 Å². The molecular formula is C21H31N3O2S. The van der Waals surface area contributed by atoms with Crippen LogP contribution in [0.25, 0.3) is 0 Å². The van der Waals surface area contributed by atoms with Crippen LogP contribution in [0, 0.1) is 24.7 Å². The lowest BCUT2D eigenvalue weighted by atomic mass is 9.53. The van der Waals surface area contributed by atoms with Gasteiger partial charge in [-0.25, -0.2) is 4.79 Å². The second-order valence-electron chi connectivity index (χ2n) is 9.26. The van der Waals surface area contributed by atoms with Crippen LogP contribution in [0.4, 0.5) is 4.79 Å². The molecule has 27 heavy (non-hydrogen) atoms. The number of thiophene rings is 1. The molecule has 2 N–H and O–H groups in total. The van der Waals surface area contributed by atoms with Crippen molar-refractivity contribution in [2.75, 3.05) is 7.05 Å². The Morgan fingerprint density at radius 3 is 2.33 bits per heavy atom. The van der Waals surface area contributed by atoms with Gasteiger partial charge >= 0.3 is 6.03 Å². The van der Waals surface area contributed by atoms with Gasteiger partial charge in [0.25, 0.3) is 0 Å². The Labute approximate surface area is 165 Å². The molecule has 4 bridgehead atoms. The zero-order valence-electron chi connectivity index (χ0n) is 16.6. The summed E-state index contributed by atoms with van der Waals surface area (Å²) >= 11 is 1.70. The van der Waals surface area contributed by atoms with E-state index in [1.165, 1.54) is 29.7 Å². The average Bonchev–Trinajstić information content (AvgIpc) is 2.96. The van der Waals surface area contributed by atoms with E-state index in [0.717, 1.165) is 37.0 Å². The molecular weight excluding hydrogens is 358 g/mol. The van der Waals surface area contributed by atoms with Crippen LogP contribution in [0.5, 0.6) is 0 Å². The summed E-state index contributed by atoms with van der Waals surface area (Å²) < 4.78 is 0. The van der Waals surface area contributed by atoms with Crippen molar-refractivity contribution in [1.29, 1.82) is 0 Å². The average molecular weight is 390 g/mol. The van der Waals surface area contributed by atoms with Crippen molar-refractivity contribution < 1.29 is 9.59 Å². The fraction of sp³-hybridized carbons (Fsp3) is 0.714. The molecule has 6 heteroatoms. The highest BCUT2D eigenvalue weighted by Crippen LogP contribution is 2.55. The second kappa shape index (κ2) is 7.21. The molecule has 1 atom stereocenters. The third-order valence-electron chi connectivity index (χ3n) is 7.06. The Balaban J connectivity index is 1.31. The van der Waals surface area contributed by atoms with E-state index in [1.807, 2.05) is 18.9 Å². The molecule has 5 rings (SSSR count). The first kappa shape index (κ1) is 18.9. The van der Waals surface area contributed by atoms with E-state index < -0.39 is 0 Å². The van der Waals surface area contributed by atoms with E-state index in [2.05, 4.69) is 29.0 Å². The second-order valence-corrected chi connectivity index (χ2v) is 10.3. The maximum Gasteiger partial charge on any atom is 0.321 e. The molecule has 4 aliphatic carbocycles. The summed E-state index contributed by atoms with van der Waals surface area (Å²) in [5, 5.41) is 7.89. The van der Waals surface area contributed by atoms with Crippen molar-refractivity contribution in [1.82, 2.24) is 15.5 Å². The molecule has 0 radical (unpaired) electrons. The normalized spacial score (nSPS) is 32.5. The Hall–Kier alpha value is -1.40. The highest BCUT2D eigenvalue weighted by molar-refractivity contribution is 7.10. The molecule has 1 unspecified atom stereocenters. The maximum absolute atomic E-state index is 12.6. The SMILES string of the molecule is Cc1ccsc1CN(C)C(C)C(=O)NC(=O)NC12CC3CC(CC(C3)C1)C2. The molecule has 4 aliphatic rings. The largest absolute Gasteiger partial charge is 0.332 e. The lowest BCUT2D eigenvalue weighted by molar-refractivity contribution is -0.124. The van der Waals surface area contributed by atoms with Crippen LogP contribution in [0.15, 0.2) is 11.4 Å². The van der Waals surface area contributed by atoms with Gasteiger partial charge in [-0.15, -0.1) is 11.3 Å². The van der Waals surface area contributed by atoms with Crippen LogP contribution in [0.1, 0.15) is 55.9 Å². The molecule has 148 valence electrons. The van der Waals surface area contributed by atoms with E-state index in [9.17, 15) is 9.59 Å². The lowest BCUT2D eigenvalue weighted by Crippen LogP contribution is -2.62. The quantitative estimate of drug-likeness (QED) is 0.808. The number of carbonyl (C=O) groups excluding carboxylic acids is 2. The molecule has 0 aromatic carbocycles. The summed E-state index contributed by atoms with van der Waals surface area (Å²) in [6.45, 7) is 4.66. The molecule has 4 fully saturated rings. The number of hydrogen-bond donors (Lipinski definition) is 2. The van der Waals surface area contributed by atoms with Crippen LogP contribution >= 0.6 is 11.3 Å². The van der Waals surface area contributed by atoms with Crippen molar-refractivity contribution in [3.63, 3.8) is 0 Å². The number of nitrogens with one attached hydrogen (secondary N) is 2. The monoisotopic (exact) mass is 389 g/mol. The summed E-state index contributed by atoms with van der Waals surface area (Å²) in [6, 6.07) is 1.43. The molecule has 4 saturated carbocycles. The van der Waals surface area contributed by atoms with Crippen LogP contribution in [0.2, 0.25) is 0 Å². The number of imide groups is 1. The van der Waals surface area contributed by atoms with Gasteiger partial charge in [0.15, 0.2) is 0 Å². The number of rotatable bonds is 5. The predicted octanol–water partition coefficient (Wildman–Crippen LogP) is 3.67. The Morgan fingerprint density at radius 2 is 1.81 bits per heavy atom. The highest BCUT2D eigenvalue weighted by Gasteiger charge is 2.51. The smallest absolute Gasteiger partial charge is 0.321 e. The van der Waals surface area contributed by atoms with Crippen LogP contribution in [-0.4, -0.2) is 35.5 Å². The summed E-state index contributed by atoms with van der Waals surface area (Å²) in [7, 11) is 1.93. The van der Waals surface area contributed by atoms with Gasteiger partial charge in [-0.2, -0.15) is 0 Å². The van der Waals surface area contributed by atoms with Crippen LogP contribution < -0.4 is 10.6 Å². The summed E-state index contributed by atoms with van der Waals surface area (Å²) in [5.74, 6) is 2.08. The summed E-state index contributed by atoms with van der Waals surface area (Å²) in [5.41, 5.74) is 1.18. The number of nitrogens with zero attached hydrogens (tertiary/aromatic N) is 1. The maximum atomic E-state index is 12.6. The van der Waals surface area contributed by atoms with Gasteiger partial charge in [0.2, 0.25) is 5.91 Å². The molecule has 1 aromatic heterocycles. The number of hydrogen-bond acceptors (Lipinski definition) is 4. The van der Waals surface area contributed by atoms with Crippen LogP contribution in [-0.2, 0) is 11.3 Å². The first-order chi connectivity index (χ1) is 12.8. The van der Waals surface area contributed by atoms with Gasteiger partial charge in [-0.3, -0.25) is 15.0 Å². The first-order valence-electron chi connectivity index (χ1n) is 10.2. The minimum Gasteiger partial charge on any atom is -0.332 e. The predicted molar refractivity (Wildman–Crippen MR) is 108 cm³/mol. The van der Waals surface area contributed by atoms with Crippen molar-refractivity contribution in [3.05, 3.63) is 21.9 Å². The first-order valence-corrected chi connectivity index (χ1v) is 11.1. The summed E-state index contributed by atoms with van der Waals surface area (Å²) in [4.78, 5) is 28.4. The number of carbonyl (C=O) groups is 2. The standard InChI is InChI=1S/C21H31N3O2S/c1-13-4-5-27-18(13)12-24(3)14(2)19(25)22-20(26)23-21-9-15-6-16(10-21)8-17(7-15)11-21/h4-5,14-17H,6-12H2,1-3H3,(H2,22,23,25,26). The van der Waals surface area contributed by atoms with E-state index in [4.69, 9.17) is 0 Å². The molecule has 0 saturated heterocycles. The molecule has 3 amide bonds. The molecule has 1 aromatic rings. The number of urea groups is 1. The van der Waals surface area contributed by atoms with Crippen molar-refractivity contribution in [3.8, 4) is 0 Å². The highest BCUT2D eigenvalue weighted by atomic mass is 32.1. The number of amides is 3. The van der Waals surface area contributed by atoms with Crippen LogP contribution in [0.3, 0.4) is 0 Å². The van der Waals surface area contributed by atoms with Crippen molar-refractivity contribution in [2.45, 2.75) is 70.5 Å². The fourth-order valence-corrected chi connectivity index (χ4v) is 6.85. The van der Waals surface area contributed by atoms with E-state index in [0.29, 0.717) is 6.54 Å². The van der Waals surface area contributed by atoms with Gasteiger partial charge in [-0.1, -0.05) is 0 Å². The number of likely N-dealkylation sites (N-methyl/N-ethyl adjacent to an activating group) is 1. The Kier molecular flexibility index (Phi) is 5.06. The van der Waals surface area contributed by atoms with Crippen molar-refractivity contribution in [2.24, 2.45) is 17.8 Å². The Morgan fingerprint density at radius 1 is 1.22 bits per heavy atom. The number of aryl methyl sites for hydroxylation is 1. The van der Waals surface area contributed by atoms with Gasteiger partial charge in [0.05, 0.1) is 6.04 Å². The van der Waals surface area contributed by atoms with E-state index in [1.54, 1.807) is 11.3 Å². The lowest BCUT2D eigenvalue weighted by Gasteiger charge is -2.56.